The van der Waals surface area contributed by atoms with Crippen molar-refractivity contribution in [3.63, 3.8) is 0 Å². The molecule has 1 aliphatic heterocycles. The van der Waals surface area contributed by atoms with E-state index in [1.165, 1.54) is 12.1 Å². The van der Waals surface area contributed by atoms with Crippen LogP contribution in [-0.4, -0.2) is 30.5 Å². The van der Waals surface area contributed by atoms with Crippen molar-refractivity contribution in [1.29, 1.82) is 0 Å². The number of hydrazone groups is 1. The van der Waals surface area contributed by atoms with E-state index in [0.29, 0.717) is 34.8 Å². The number of aldehydes is 1. The van der Waals surface area contributed by atoms with Crippen LogP contribution < -0.4 is 4.74 Å². The first-order valence-corrected chi connectivity index (χ1v) is 8.27. The molecule has 0 fully saturated rings. The number of halogens is 5. The maximum atomic E-state index is 14.2. The van der Waals surface area contributed by atoms with Gasteiger partial charge >= 0.3 is 6.18 Å². The van der Waals surface area contributed by atoms with Crippen LogP contribution in [0.15, 0.2) is 41.5 Å². The van der Waals surface area contributed by atoms with Gasteiger partial charge in [-0.2, -0.15) is 13.2 Å². The molecule has 1 atom stereocenters. The molecule has 148 valence electrons. The summed E-state index contributed by atoms with van der Waals surface area (Å²) in [6, 6.07) is 6.89. The lowest BCUT2D eigenvalue weighted by Gasteiger charge is -2.17. The van der Waals surface area contributed by atoms with Crippen LogP contribution >= 0.6 is 11.6 Å². The molecule has 0 N–H and O–H groups in total. The van der Waals surface area contributed by atoms with E-state index in [4.69, 9.17) is 21.1 Å². The van der Waals surface area contributed by atoms with Gasteiger partial charge < -0.3 is 9.47 Å². The quantitative estimate of drug-likeness (QED) is 0.541. The number of rotatable bonds is 5. The topological polar surface area (TPSA) is 51.1 Å². The first kappa shape index (κ1) is 19.9. The van der Waals surface area contributed by atoms with Gasteiger partial charge in [-0.25, -0.2) is 9.40 Å². The lowest BCUT2D eigenvalue weighted by Crippen LogP contribution is -2.29. The van der Waals surface area contributed by atoms with Crippen LogP contribution in [0.3, 0.4) is 0 Å². The van der Waals surface area contributed by atoms with E-state index >= 15 is 0 Å². The SMILES string of the molecule is COc1cc(CN2N=C(c3ccc(C(F)(F)F)cc3F)OC2C=O)ccc1Cl. The van der Waals surface area contributed by atoms with Gasteiger partial charge in [-0.15, -0.1) is 5.10 Å². The Morgan fingerprint density at radius 3 is 2.64 bits per heavy atom. The number of benzene rings is 2. The van der Waals surface area contributed by atoms with Crippen molar-refractivity contribution in [3.8, 4) is 5.75 Å². The smallest absolute Gasteiger partial charge is 0.416 e. The van der Waals surface area contributed by atoms with Gasteiger partial charge in [0.1, 0.15) is 11.6 Å². The number of carbonyl (C=O) groups is 1. The fourth-order valence-corrected chi connectivity index (χ4v) is 2.76. The van der Waals surface area contributed by atoms with Crippen LogP contribution in [0, 0.1) is 5.82 Å². The highest BCUT2D eigenvalue weighted by atomic mass is 35.5. The molecule has 0 radical (unpaired) electrons. The highest BCUT2D eigenvalue weighted by molar-refractivity contribution is 6.32. The molecule has 2 aromatic carbocycles. The van der Waals surface area contributed by atoms with Gasteiger partial charge in [0, 0.05) is 0 Å². The van der Waals surface area contributed by atoms with E-state index in [1.54, 1.807) is 18.2 Å². The van der Waals surface area contributed by atoms with Gasteiger partial charge in [-0.1, -0.05) is 17.7 Å². The second-order valence-electron chi connectivity index (χ2n) is 5.81. The summed E-state index contributed by atoms with van der Waals surface area (Å²) >= 11 is 5.97. The normalized spacial score (nSPS) is 16.6. The minimum absolute atomic E-state index is 0.0999. The van der Waals surface area contributed by atoms with E-state index in [0.717, 1.165) is 6.07 Å². The summed E-state index contributed by atoms with van der Waals surface area (Å²) in [5, 5.41) is 5.67. The minimum Gasteiger partial charge on any atom is -0.495 e. The minimum atomic E-state index is -4.68. The second-order valence-corrected chi connectivity index (χ2v) is 6.22. The van der Waals surface area contributed by atoms with Crippen LogP contribution in [0.4, 0.5) is 17.6 Å². The summed E-state index contributed by atoms with van der Waals surface area (Å²) in [5.74, 6) is -1.03. The monoisotopic (exact) mass is 416 g/mol. The van der Waals surface area contributed by atoms with Crippen LogP contribution in [-0.2, 0) is 22.3 Å². The van der Waals surface area contributed by atoms with Crippen molar-refractivity contribution in [2.45, 2.75) is 18.9 Å². The van der Waals surface area contributed by atoms with E-state index in [-0.39, 0.29) is 18.0 Å². The first-order valence-electron chi connectivity index (χ1n) is 7.89. The molecule has 1 unspecified atom stereocenters. The molecule has 0 saturated heterocycles. The molecule has 0 bridgehead atoms. The lowest BCUT2D eigenvalue weighted by atomic mass is 10.1. The highest BCUT2D eigenvalue weighted by Crippen LogP contribution is 2.31. The number of alkyl halides is 3. The third-order valence-corrected chi connectivity index (χ3v) is 4.26. The summed E-state index contributed by atoms with van der Waals surface area (Å²) in [6.07, 6.45) is -5.38. The summed E-state index contributed by atoms with van der Waals surface area (Å²) in [4.78, 5) is 11.3. The fraction of sp³-hybridized carbons (Fsp3) is 0.222. The van der Waals surface area contributed by atoms with Gasteiger partial charge in [0.05, 0.1) is 29.8 Å². The molecule has 0 aromatic heterocycles. The second kappa shape index (κ2) is 7.67. The number of carbonyl (C=O) groups excluding carboxylic acids is 1. The number of methoxy groups -OCH3 is 1. The molecular weight excluding hydrogens is 404 g/mol. The molecule has 1 aliphatic rings. The average molecular weight is 417 g/mol. The Morgan fingerprint density at radius 1 is 1.29 bits per heavy atom. The van der Waals surface area contributed by atoms with Gasteiger partial charge in [0.2, 0.25) is 12.1 Å². The third-order valence-electron chi connectivity index (χ3n) is 3.95. The zero-order chi connectivity index (χ0) is 20.5. The third kappa shape index (κ3) is 4.04. The van der Waals surface area contributed by atoms with Crippen molar-refractivity contribution < 1.29 is 31.8 Å². The van der Waals surface area contributed by atoms with Crippen molar-refractivity contribution in [2.75, 3.05) is 7.11 Å². The molecule has 0 aliphatic carbocycles. The molecule has 2 aromatic rings. The zero-order valence-corrected chi connectivity index (χ0v) is 15.1. The Bertz CT molecular complexity index is 934. The summed E-state index contributed by atoms with van der Waals surface area (Å²) in [5.41, 5.74) is -0.741. The van der Waals surface area contributed by atoms with Gasteiger partial charge in [0.15, 0.2) is 6.29 Å². The molecule has 0 spiro atoms. The standard InChI is InChI=1S/C18H13ClF4N2O3/c1-27-15-6-10(2-5-13(15)19)8-25-16(9-26)28-17(24-25)12-4-3-11(7-14(12)20)18(21,22)23/h2-7,9,16H,8H2,1H3. The lowest BCUT2D eigenvalue weighted by molar-refractivity contribution is -0.137. The fourth-order valence-electron chi connectivity index (χ4n) is 2.57. The van der Waals surface area contributed by atoms with E-state index < -0.39 is 23.8 Å². The summed E-state index contributed by atoms with van der Waals surface area (Å²) in [6.45, 7) is 0.0999. The molecule has 1 heterocycles. The molecule has 5 nitrogen and oxygen atoms in total. The van der Waals surface area contributed by atoms with Crippen LogP contribution in [0.5, 0.6) is 5.75 Å². The van der Waals surface area contributed by atoms with E-state index in [1.807, 2.05) is 0 Å². The number of ether oxygens (including phenoxy) is 2. The molecule has 0 amide bonds. The Morgan fingerprint density at radius 2 is 2.04 bits per heavy atom. The first-order chi connectivity index (χ1) is 13.2. The van der Waals surface area contributed by atoms with Crippen molar-refractivity contribution in [1.82, 2.24) is 5.01 Å². The van der Waals surface area contributed by atoms with Crippen molar-refractivity contribution in [2.24, 2.45) is 5.10 Å². The van der Waals surface area contributed by atoms with Gasteiger partial charge in [-0.3, -0.25) is 4.79 Å². The maximum absolute atomic E-state index is 14.2. The average Bonchev–Trinajstić information content (AvgIpc) is 3.05. The molecule has 28 heavy (non-hydrogen) atoms. The Hall–Kier alpha value is -2.81. The summed E-state index contributed by atoms with van der Waals surface area (Å²) in [7, 11) is 1.45. The zero-order valence-electron chi connectivity index (χ0n) is 14.3. The number of hydrogen-bond acceptors (Lipinski definition) is 5. The largest absolute Gasteiger partial charge is 0.495 e. The molecule has 10 heteroatoms. The Labute approximate surface area is 162 Å². The predicted molar refractivity (Wildman–Crippen MR) is 92.4 cm³/mol. The maximum Gasteiger partial charge on any atom is 0.416 e. The predicted octanol–water partition coefficient (Wildman–Crippen LogP) is 4.23. The van der Waals surface area contributed by atoms with Crippen LogP contribution in [0.1, 0.15) is 16.7 Å². The molecular formula is C18H13ClF4N2O3. The highest BCUT2D eigenvalue weighted by Gasteiger charge is 2.34. The van der Waals surface area contributed by atoms with Gasteiger partial charge in [0.25, 0.3) is 0 Å². The molecule has 3 rings (SSSR count). The Balaban J connectivity index is 1.87. The number of hydrogen-bond donors (Lipinski definition) is 0. The van der Waals surface area contributed by atoms with Crippen molar-refractivity contribution in [3.05, 3.63) is 63.9 Å². The van der Waals surface area contributed by atoms with E-state index in [2.05, 4.69) is 5.10 Å². The van der Waals surface area contributed by atoms with Crippen LogP contribution in [0.25, 0.3) is 0 Å². The van der Waals surface area contributed by atoms with E-state index in [9.17, 15) is 22.4 Å². The molecule has 0 saturated carbocycles. The Kier molecular flexibility index (Phi) is 5.46. The number of nitrogens with zero attached hydrogens (tertiary/aromatic N) is 2. The van der Waals surface area contributed by atoms with Gasteiger partial charge in [-0.05, 0) is 35.9 Å². The van der Waals surface area contributed by atoms with Crippen molar-refractivity contribution >= 4 is 23.8 Å². The summed E-state index contributed by atoms with van der Waals surface area (Å²) < 4.78 is 62.6. The van der Waals surface area contributed by atoms with Crippen LogP contribution in [0.2, 0.25) is 5.02 Å².